The van der Waals surface area contributed by atoms with Crippen molar-refractivity contribution in [2.75, 3.05) is 13.1 Å². The number of phenols is 1. The van der Waals surface area contributed by atoms with Crippen molar-refractivity contribution in [1.82, 2.24) is 9.88 Å². The third-order valence-electron chi connectivity index (χ3n) is 4.53. The standard InChI is InChI=1S/C22H25IN2O4S/c1-22(2,3)29-21(28)25(12-10-14-4-7-16(23)8-5-14)13-11-15-6-9-17(26)18-19(15)30-20(27)24-18/h4-9,26H,10-13H2,1-3H3,(H,24,27). The molecule has 30 heavy (non-hydrogen) atoms. The van der Waals surface area contributed by atoms with Crippen molar-refractivity contribution in [3.63, 3.8) is 0 Å². The van der Waals surface area contributed by atoms with Crippen molar-refractivity contribution in [1.29, 1.82) is 0 Å². The maximum atomic E-state index is 12.8. The summed E-state index contributed by atoms with van der Waals surface area (Å²) in [6.45, 7) is 6.53. The summed E-state index contributed by atoms with van der Waals surface area (Å²) < 4.78 is 7.49. The Morgan fingerprint density at radius 3 is 2.47 bits per heavy atom. The van der Waals surface area contributed by atoms with Crippen LogP contribution >= 0.6 is 33.9 Å². The summed E-state index contributed by atoms with van der Waals surface area (Å²) in [4.78, 5) is 28.7. The Morgan fingerprint density at radius 2 is 1.80 bits per heavy atom. The highest BCUT2D eigenvalue weighted by Crippen LogP contribution is 2.28. The quantitative estimate of drug-likeness (QED) is 0.435. The lowest BCUT2D eigenvalue weighted by Crippen LogP contribution is -2.39. The van der Waals surface area contributed by atoms with E-state index in [9.17, 15) is 14.7 Å². The second kappa shape index (κ2) is 9.38. The molecule has 0 fully saturated rings. The number of phenolic OH excluding ortho intramolecular Hbond substituents is 1. The van der Waals surface area contributed by atoms with E-state index < -0.39 is 5.60 Å². The minimum Gasteiger partial charge on any atom is -0.506 e. The molecule has 1 amide bonds. The minimum absolute atomic E-state index is 0.0507. The number of aromatic amines is 1. The minimum atomic E-state index is -0.579. The van der Waals surface area contributed by atoms with Gasteiger partial charge in [0.05, 0.1) is 4.70 Å². The number of carbonyl (C=O) groups is 1. The first kappa shape index (κ1) is 22.6. The molecule has 0 atom stereocenters. The summed E-state index contributed by atoms with van der Waals surface area (Å²) in [7, 11) is 0. The Labute approximate surface area is 193 Å². The lowest BCUT2D eigenvalue weighted by molar-refractivity contribution is 0.0254. The summed E-state index contributed by atoms with van der Waals surface area (Å²) in [6, 6.07) is 11.6. The van der Waals surface area contributed by atoms with Crippen LogP contribution in [0.3, 0.4) is 0 Å². The van der Waals surface area contributed by atoms with E-state index in [-0.39, 0.29) is 16.7 Å². The zero-order chi connectivity index (χ0) is 21.9. The highest BCUT2D eigenvalue weighted by Gasteiger charge is 2.22. The number of benzene rings is 2. The van der Waals surface area contributed by atoms with Gasteiger partial charge in [-0.3, -0.25) is 4.79 Å². The van der Waals surface area contributed by atoms with Crippen LogP contribution in [0, 0.1) is 3.57 Å². The fraction of sp³-hybridized carbons (Fsp3) is 0.364. The van der Waals surface area contributed by atoms with Crippen LogP contribution in [0.25, 0.3) is 10.2 Å². The van der Waals surface area contributed by atoms with Gasteiger partial charge >= 0.3 is 11.0 Å². The zero-order valence-corrected chi connectivity index (χ0v) is 20.2. The molecule has 3 aromatic rings. The van der Waals surface area contributed by atoms with E-state index in [0.717, 1.165) is 33.6 Å². The largest absolute Gasteiger partial charge is 0.506 e. The third-order valence-corrected chi connectivity index (χ3v) is 6.20. The number of hydrogen-bond donors (Lipinski definition) is 2. The van der Waals surface area contributed by atoms with Gasteiger partial charge in [0.15, 0.2) is 0 Å². The summed E-state index contributed by atoms with van der Waals surface area (Å²) in [6.07, 6.45) is 0.917. The molecule has 0 saturated carbocycles. The number of thiazole rings is 1. The number of hydrogen-bond acceptors (Lipinski definition) is 5. The first-order valence-electron chi connectivity index (χ1n) is 9.68. The zero-order valence-electron chi connectivity index (χ0n) is 17.2. The Kier molecular flexibility index (Phi) is 7.07. The maximum absolute atomic E-state index is 12.8. The molecule has 0 aliphatic carbocycles. The van der Waals surface area contributed by atoms with Crippen molar-refractivity contribution in [3.05, 3.63) is 60.8 Å². The SMILES string of the molecule is CC(C)(C)OC(=O)N(CCc1ccc(I)cc1)CCc1ccc(O)c2[nH]c(=O)sc12. The van der Waals surface area contributed by atoms with E-state index in [1.807, 2.05) is 20.8 Å². The van der Waals surface area contributed by atoms with Crippen LogP contribution in [0.1, 0.15) is 31.9 Å². The summed E-state index contributed by atoms with van der Waals surface area (Å²) in [5, 5.41) is 9.98. The Bertz CT molecular complexity index is 1080. The van der Waals surface area contributed by atoms with Gasteiger partial charge in [-0.15, -0.1) is 0 Å². The molecule has 2 aromatic carbocycles. The number of nitrogens with zero attached hydrogens (tertiary/aromatic N) is 1. The first-order chi connectivity index (χ1) is 14.1. The Balaban J connectivity index is 1.76. The fourth-order valence-corrected chi connectivity index (χ4v) is 4.32. The second-order valence-corrected chi connectivity index (χ2v) is 10.3. The van der Waals surface area contributed by atoms with Crippen LogP contribution in [0.4, 0.5) is 4.79 Å². The van der Waals surface area contributed by atoms with E-state index in [0.29, 0.717) is 25.0 Å². The molecule has 0 spiro atoms. The molecule has 1 heterocycles. The number of rotatable bonds is 6. The molecule has 0 radical (unpaired) electrons. The molecular weight excluding hydrogens is 515 g/mol. The normalized spacial score (nSPS) is 11.6. The van der Waals surface area contributed by atoms with Gasteiger partial charge in [-0.1, -0.05) is 29.5 Å². The van der Waals surface area contributed by atoms with E-state index in [1.165, 1.54) is 3.57 Å². The predicted octanol–water partition coefficient (Wildman–Crippen LogP) is 4.92. The van der Waals surface area contributed by atoms with Crippen molar-refractivity contribution in [3.8, 4) is 5.75 Å². The van der Waals surface area contributed by atoms with Gasteiger partial charge < -0.3 is 19.7 Å². The van der Waals surface area contributed by atoms with Crippen LogP contribution in [-0.4, -0.2) is 39.8 Å². The number of H-pyrrole nitrogens is 1. The molecule has 6 nitrogen and oxygen atoms in total. The monoisotopic (exact) mass is 540 g/mol. The number of nitrogens with one attached hydrogen (secondary N) is 1. The van der Waals surface area contributed by atoms with E-state index in [4.69, 9.17) is 4.74 Å². The molecule has 2 N–H and O–H groups in total. The number of amides is 1. The number of ether oxygens (including phenoxy) is 1. The molecule has 0 unspecified atom stereocenters. The highest BCUT2D eigenvalue weighted by molar-refractivity contribution is 14.1. The molecule has 8 heteroatoms. The molecule has 160 valence electrons. The fourth-order valence-electron chi connectivity index (χ4n) is 3.06. The van der Waals surface area contributed by atoms with E-state index >= 15 is 0 Å². The number of aromatic nitrogens is 1. The lowest BCUT2D eigenvalue weighted by atomic mass is 10.1. The van der Waals surface area contributed by atoms with Gasteiger partial charge in [0.1, 0.15) is 16.9 Å². The molecule has 1 aromatic heterocycles. The van der Waals surface area contributed by atoms with Gasteiger partial charge in [-0.25, -0.2) is 4.79 Å². The molecule has 0 bridgehead atoms. The number of halogens is 1. The average Bonchev–Trinajstić information content (AvgIpc) is 3.06. The highest BCUT2D eigenvalue weighted by atomic mass is 127. The first-order valence-corrected chi connectivity index (χ1v) is 11.6. The lowest BCUT2D eigenvalue weighted by Gasteiger charge is -2.27. The topological polar surface area (TPSA) is 82.6 Å². The van der Waals surface area contributed by atoms with Gasteiger partial charge in [-0.05, 0) is 85.5 Å². The Hall–Kier alpha value is -2.07. The number of carbonyl (C=O) groups excluding carboxylic acids is 1. The van der Waals surface area contributed by atoms with Gasteiger partial charge in [-0.2, -0.15) is 0 Å². The van der Waals surface area contributed by atoms with Crippen molar-refractivity contribution < 1.29 is 14.6 Å². The number of fused-ring (bicyclic) bond motifs is 1. The van der Waals surface area contributed by atoms with Crippen LogP contribution < -0.4 is 4.87 Å². The van der Waals surface area contributed by atoms with Crippen molar-refractivity contribution in [2.45, 2.75) is 39.2 Å². The number of aromatic hydroxyl groups is 1. The van der Waals surface area contributed by atoms with Crippen LogP contribution in [0.15, 0.2) is 41.2 Å². The molecule has 0 aliphatic heterocycles. The van der Waals surface area contributed by atoms with Crippen LogP contribution in [0.2, 0.25) is 0 Å². The van der Waals surface area contributed by atoms with Gasteiger partial charge in [0, 0.05) is 16.7 Å². The average molecular weight is 540 g/mol. The molecule has 3 rings (SSSR count). The third kappa shape index (κ3) is 5.98. The Morgan fingerprint density at radius 1 is 1.13 bits per heavy atom. The summed E-state index contributed by atoms with van der Waals surface area (Å²) in [5.74, 6) is 0.0507. The molecular formula is C22H25IN2O4S. The smallest absolute Gasteiger partial charge is 0.410 e. The van der Waals surface area contributed by atoms with Crippen molar-refractivity contribution >= 4 is 50.2 Å². The molecule has 0 aliphatic rings. The maximum Gasteiger partial charge on any atom is 0.410 e. The summed E-state index contributed by atoms with van der Waals surface area (Å²) in [5.41, 5.74) is 1.93. The summed E-state index contributed by atoms with van der Waals surface area (Å²) >= 11 is 3.34. The second-order valence-electron chi connectivity index (χ2n) is 8.06. The van der Waals surface area contributed by atoms with Gasteiger partial charge in [0.25, 0.3) is 0 Å². The predicted molar refractivity (Wildman–Crippen MR) is 128 cm³/mol. The van der Waals surface area contributed by atoms with Crippen molar-refractivity contribution in [2.24, 2.45) is 0 Å². The van der Waals surface area contributed by atoms with Gasteiger partial charge in [0.2, 0.25) is 0 Å². The van der Waals surface area contributed by atoms with E-state index in [2.05, 4.69) is 51.8 Å². The van der Waals surface area contributed by atoms with Crippen LogP contribution in [0.5, 0.6) is 5.75 Å². The van der Waals surface area contributed by atoms with Crippen LogP contribution in [-0.2, 0) is 17.6 Å². The molecule has 0 saturated heterocycles. The van der Waals surface area contributed by atoms with E-state index in [1.54, 1.807) is 17.0 Å².